The Labute approximate surface area is 105 Å². The van der Waals surface area contributed by atoms with E-state index in [1.165, 1.54) is 0 Å². The molecule has 6 heteroatoms. The molecule has 1 unspecified atom stereocenters. The highest BCUT2D eigenvalue weighted by Crippen LogP contribution is 2.25. The van der Waals surface area contributed by atoms with E-state index >= 15 is 0 Å². The van der Waals surface area contributed by atoms with Gasteiger partial charge in [-0.1, -0.05) is 6.92 Å². The quantitative estimate of drug-likeness (QED) is 0.848. The fourth-order valence-electron chi connectivity index (χ4n) is 1.64. The molecule has 5 nitrogen and oxygen atoms in total. The number of hydrogen-bond donors (Lipinski definition) is 1. The van der Waals surface area contributed by atoms with E-state index in [9.17, 15) is 0 Å². The molecule has 0 bridgehead atoms. The molecule has 2 aromatic rings. The second-order valence-corrected chi connectivity index (χ2v) is 5.00. The van der Waals surface area contributed by atoms with Gasteiger partial charge in [0.15, 0.2) is 0 Å². The summed E-state index contributed by atoms with van der Waals surface area (Å²) in [5.41, 5.74) is -0.0469. The molecule has 0 fully saturated rings. The molecule has 0 aromatic carbocycles. The number of thiazole rings is 1. The van der Waals surface area contributed by atoms with Gasteiger partial charge in [-0.2, -0.15) is 5.10 Å². The first kappa shape index (κ1) is 12.2. The highest BCUT2D eigenvalue weighted by Gasteiger charge is 2.26. The summed E-state index contributed by atoms with van der Waals surface area (Å²) in [5.74, 6) is 0. The lowest BCUT2D eigenvalue weighted by molar-refractivity contribution is 0.340. The van der Waals surface area contributed by atoms with Gasteiger partial charge in [0.05, 0.1) is 12.1 Å². The molecule has 1 atom stereocenters. The molecular weight excluding hydrogens is 234 g/mol. The molecule has 0 saturated heterocycles. The second kappa shape index (κ2) is 5.37. The van der Waals surface area contributed by atoms with E-state index in [4.69, 9.17) is 0 Å². The van der Waals surface area contributed by atoms with Crippen molar-refractivity contribution in [2.24, 2.45) is 0 Å². The monoisotopic (exact) mass is 251 g/mol. The third-order valence-corrected chi connectivity index (χ3v) is 3.97. The molecule has 92 valence electrons. The molecular formula is C11H17N5S. The van der Waals surface area contributed by atoms with Crippen LogP contribution in [0.2, 0.25) is 0 Å². The van der Waals surface area contributed by atoms with Crippen molar-refractivity contribution >= 4 is 11.3 Å². The fourth-order valence-corrected chi connectivity index (χ4v) is 2.49. The normalized spacial score (nSPS) is 14.7. The number of nitrogens with one attached hydrogen (secondary N) is 1. The van der Waals surface area contributed by atoms with Crippen LogP contribution in [-0.2, 0) is 12.1 Å². The van der Waals surface area contributed by atoms with Crippen LogP contribution in [-0.4, -0.2) is 26.3 Å². The fraction of sp³-hybridized carbons (Fsp3) is 0.545. The molecule has 0 spiro atoms. The van der Waals surface area contributed by atoms with Crippen LogP contribution in [0.1, 0.15) is 25.3 Å². The Morgan fingerprint density at radius 1 is 1.53 bits per heavy atom. The molecule has 0 amide bonds. The van der Waals surface area contributed by atoms with Crippen molar-refractivity contribution in [1.82, 2.24) is 25.1 Å². The van der Waals surface area contributed by atoms with Crippen LogP contribution in [0.3, 0.4) is 0 Å². The Balaban J connectivity index is 1.91. The first-order valence-corrected chi connectivity index (χ1v) is 6.60. The predicted molar refractivity (Wildman–Crippen MR) is 67.8 cm³/mol. The standard InChI is InChI=1S/C11H17N5S/c1-3-11(2,10-13-5-7-17-10)14-4-6-16-9-12-8-15-16/h5,7-9,14H,3-4,6H2,1-2H3. The second-order valence-electron chi connectivity index (χ2n) is 4.11. The lowest BCUT2D eigenvalue weighted by Gasteiger charge is -2.27. The zero-order valence-corrected chi connectivity index (χ0v) is 10.9. The lowest BCUT2D eigenvalue weighted by Crippen LogP contribution is -2.40. The molecule has 0 saturated carbocycles. The van der Waals surface area contributed by atoms with Gasteiger partial charge in [0.1, 0.15) is 17.7 Å². The van der Waals surface area contributed by atoms with Crippen molar-refractivity contribution in [3.8, 4) is 0 Å². The Bertz CT molecular complexity index is 425. The summed E-state index contributed by atoms with van der Waals surface area (Å²) in [6, 6.07) is 0. The highest BCUT2D eigenvalue weighted by molar-refractivity contribution is 7.09. The summed E-state index contributed by atoms with van der Waals surface area (Å²) in [6.45, 7) is 6.03. The van der Waals surface area contributed by atoms with Gasteiger partial charge in [0.25, 0.3) is 0 Å². The molecule has 2 aromatic heterocycles. The van der Waals surface area contributed by atoms with Gasteiger partial charge in [0, 0.05) is 18.1 Å². The SMILES string of the molecule is CCC(C)(NCCn1cncn1)c1nccs1. The molecule has 2 heterocycles. The summed E-state index contributed by atoms with van der Waals surface area (Å²) < 4.78 is 1.82. The van der Waals surface area contributed by atoms with Crippen LogP contribution >= 0.6 is 11.3 Å². The summed E-state index contributed by atoms with van der Waals surface area (Å²) in [7, 11) is 0. The first-order chi connectivity index (χ1) is 8.24. The molecule has 17 heavy (non-hydrogen) atoms. The van der Waals surface area contributed by atoms with Gasteiger partial charge in [-0.3, -0.25) is 4.68 Å². The maximum absolute atomic E-state index is 4.40. The number of nitrogens with zero attached hydrogens (tertiary/aromatic N) is 4. The van der Waals surface area contributed by atoms with Gasteiger partial charge < -0.3 is 5.32 Å². The Morgan fingerprint density at radius 3 is 3.00 bits per heavy atom. The van der Waals surface area contributed by atoms with E-state index < -0.39 is 0 Å². The molecule has 0 radical (unpaired) electrons. The topological polar surface area (TPSA) is 55.6 Å². The van der Waals surface area contributed by atoms with Crippen molar-refractivity contribution in [1.29, 1.82) is 0 Å². The summed E-state index contributed by atoms with van der Waals surface area (Å²) >= 11 is 1.69. The van der Waals surface area contributed by atoms with Crippen LogP contribution in [0.4, 0.5) is 0 Å². The summed E-state index contributed by atoms with van der Waals surface area (Å²) in [6.07, 6.45) is 6.15. The predicted octanol–water partition coefficient (Wildman–Crippen LogP) is 1.65. The lowest BCUT2D eigenvalue weighted by atomic mass is 10.00. The highest BCUT2D eigenvalue weighted by atomic mass is 32.1. The minimum atomic E-state index is -0.0469. The van der Waals surface area contributed by atoms with Crippen molar-refractivity contribution in [2.75, 3.05) is 6.54 Å². The van der Waals surface area contributed by atoms with Crippen LogP contribution in [0, 0.1) is 0 Å². The van der Waals surface area contributed by atoms with Crippen LogP contribution in [0.5, 0.6) is 0 Å². The van der Waals surface area contributed by atoms with Gasteiger partial charge >= 0.3 is 0 Å². The van der Waals surface area contributed by atoms with Crippen molar-refractivity contribution in [3.63, 3.8) is 0 Å². The van der Waals surface area contributed by atoms with Gasteiger partial charge in [-0.15, -0.1) is 11.3 Å². The number of hydrogen-bond acceptors (Lipinski definition) is 5. The van der Waals surface area contributed by atoms with E-state index in [1.54, 1.807) is 24.0 Å². The van der Waals surface area contributed by atoms with E-state index in [2.05, 4.69) is 34.2 Å². The third-order valence-electron chi connectivity index (χ3n) is 2.93. The molecule has 0 aliphatic carbocycles. The van der Waals surface area contributed by atoms with Crippen LogP contribution in [0.25, 0.3) is 0 Å². The first-order valence-electron chi connectivity index (χ1n) is 5.72. The van der Waals surface area contributed by atoms with Gasteiger partial charge in [0.2, 0.25) is 0 Å². The van der Waals surface area contributed by atoms with Gasteiger partial charge in [-0.25, -0.2) is 9.97 Å². The maximum atomic E-state index is 4.40. The zero-order chi connectivity index (χ0) is 12.1. The van der Waals surface area contributed by atoms with Gasteiger partial charge in [-0.05, 0) is 13.3 Å². The van der Waals surface area contributed by atoms with Crippen molar-refractivity contribution < 1.29 is 0 Å². The Hall–Kier alpha value is -1.27. The number of rotatable bonds is 6. The van der Waals surface area contributed by atoms with E-state index in [1.807, 2.05) is 16.3 Å². The third kappa shape index (κ3) is 2.89. The summed E-state index contributed by atoms with van der Waals surface area (Å²) in [4.78, 5) is 8.32. The molecule has 0 aliphatic heterocycles. The number of aromatic nitrogens is 4. The average Bonchev–Trinajstić information content (AvgIpc) is 3.01. The van der Waals surface area contributed by atoms with Crippen molar-refractivity contribution in [3.05, 3.63) is 29.2 Å². The van der Waals surface area contributed by atoms with E-state index in [0.717, 1.165) is 24.5 Å². The maximum Gasteiger partial charge on any atom is 0.137 e. The largest absolute Gasteiger partial charge is 0.304 e. The summed E-state index contributed by atoms with van der Waals surface area (Å²) in [5, 5.41) is 10.8. The molecule has 0 aliphatic rings. The Kier molecular flexibility index (Phi) is 3.86. The van der Waals surface area contributed by atoms with Crippen LogP contribution < -0.4 is 5.32 Å². The Morgan fingerprint density at radius 2 is 2.41 bits per heavy atom. The zero-order valence-electron chi connectivity index (χ0n) is 10.1. The van der Waals surface area contributed by atoms with Crippen LogP contribution in [0.15, 0.2) is 24.2 Å². The molecule has 1 N–H and O–H groups in total. The van der Waals surface area contributed by atoms with E-state index in [-0.39, 0.29) is 5.54 Å². The smallest absolute Gasteiger partial charge is 0.137 e. The van der Waals surface area contributed by atoms with E-state index in [0.29, 0.717) is 0 Å². The molecule has 2 rings (SSSR count). The minimum Gasteiger partial charge on any atom is -0.304 e. The average molecular weight is 251 g/mol. The van der Waals surface area contributed by atoms with Crippen molar-refractivity contribution in [2.45, 2.75) is 32.4 Å². The minimum absolute atomic E-state index is 0.0469.